The van der Waals surface area contributed by atoms with E-state index in [0.717, 1.165) is 74.5 Å². The summed E-state index contributed by atoms with van der Waals surface area (Å²) < 4.78 is 11.1. The number of ether oxygens (including phenoxy) is 2. The summed E-state index contributed by atoms with van der Waals surface area (Å²) in [6, 6.07) is 6.07. The van der Waals surface area contributed by atoms with Gasteiger partial charge in [0.15, 0.2) is 5.96 Å². The molecule has 29 heavy (non-hydrogen) atoms. The fourth-order valence-electron chi connectivity index (χ4n) is 4.18. The number of likely N-dealkylation sites (N-methyl/N-ethyl adjacent to an activating group) is 1. The van der Waals surface area contributed by atoms with Gasteiger partial charge in [0, 0.05) is 56.5 Å². The van der Waals surface area contributed by atoms with E-state index >= 15 is 0 Å². The third-order valence-corrected chi connectivity index (χ3v) is 6.43. The van der Waals surface area contributed by atoms with Crippen LogP contribution in [0, 0.1) is 0 Å². The summed E-state index contributed by atoms with van der Waals surface area (Å²) in [6.07, 6.45) is 3.08. The largest absolute Gasteiger partial charge is 0.495 e. The Morgan fingerprint density at radius 3 is 2.79 bits per heavy atom. The van der Waals surface area contributed by atoms with Gasteiger partial charge in [0.2, 0.25) is 0 Å². The smallest absolute Gasteiger partial charge is 0.191 e. The Kier molecular flexibility index (Phi) is 7.49. The van der Waals surface area contributed by atoms with Crippen molar-refractivity contribution in [1.29, 1.82) is 0 Å². The number of methoxy groups -OCH3 is 1. The van der Waals surface area contributed by atoms with Gasteiger partial charge in [-0.05, 0) is 51.6 Å². The number of nitrogens with zero attached hydrogens (tertiary/aromatic N) is 3. The SMILES string of the molecule is CN=C(NCC1(N(C)C)CCOCC1)NC1CCN(c2cc(Cl)ccc2OC)C1. The van der Waals surface area contributed by atoms with Crippen molar-refractivity contribution in [3.8, 4) is 5.75 Å². The third-order valence-electron chi connectivity index (χ3n) is 6.19. The highest BCUT2D eigenvalue weighted by molar-refractivity contribution is 6.30. The van der Waals surface area contributed by atoms with Crippen LogP contribution >= 0.6 is 11.6 Å². The lowest BCUT2D eigenvalue weighted by atomic mass is 9.88. The number of halogens is 1. The maximum absolute atomic E-state index is 6.21. The van der Waals surface area contributed by atoms with Gasteiger partial charge in [0.1, 0.15) is 5.75 Å². The zero-order valence-corrected chi connectivity index (χ0v) is 18.8. The number of rotatable bonds is 6. The molecule has 1 unspecified atom stereocenters. The lowest BCUT2D eigenvalue weighted by Crippen LogP contribution is -2.57. The molecule has 2 heterocycles. The first-order valence-corrected chi connectivity index (χ1v) is 10.7. The van der Waals surface area contributed by atoms with E-state index in [1.165, 1.54) is 0 Å². The highest BCUT2D eigenvalue weighted by Crippen LogP contribution is 2.33. The molecule has 0 aliphatic carbocycles. The molecule has 0 saturated carbocycles. The molecule has 2 aliphatic heterocycles. The van der Waals surface area contributed by atoms with Gasteiger partial charge in [-0.25, -0.2) is 0 Å². The number of nitrogens with one attached hydrogen (secondary N) is 2. The number of anilines is 1. The molecule has 1 aromatic carbocycles. The van der Waals surface area contributed by atoms with Gasteiger partial charge in [-0.1, -0.05) is 11.6 Å². The second-order valence-corrected chi connectivity index (χ2v) is 8.49. The predicted octanol–water partition coefficient (Wildman–Crippen LogP) is 2.20. The van der Waals surface area contributed by atoms with Crippen molar-refractivity contribution in [3.05, 3.63) is 23.2 Å². The number of guanidine groups is 1. The summed E-state index contributed by atoms with van der Waals surface area (Å²) in [5.74, 6) is 1.70. The first-order valence-electron chi connectivity index (χ1n) is 10.3. The number of hydrogen-bond donors (Lipinski definition) is 2. The van der Waals surface area contributed by atoms with E-state index in [2.05, 4.69) is 39.5 Å². The molecule has 2 saturated heterocycles. The summed E-state index contributed by atoms with van der Waals surface area (Å²) in [5, 5.41) is 7.86. The molecule has 0 spiro atoms. The van der Waals surface area contributed by atoms with E-state index in [1.807, 2.05) is 25.2 Å². The zero-order chi connectivity index (χ0) is 20.9. The molecule has 2 N–H and O–H groups in total. The van der Waals surface area contributed by atoms with Crippen molar-refractivity contribution in [3.63, 3.8) is 0 Å². The average molecular weight is 424 g/mol. The Morgan fingerprint density at radius 2 is 2.14 bits per heavy atom. The first kappa shape index (κ1) is 22.0. The van der Waals surface area contributed by atoms with Gasteiger partial charge in [0.05, 0.1) is 12.8 Å². The maximum atomic E-state index is 6.21. The Morgan fingerprint density at radius 1 is 1.38 bits per heavy atom. The molecule has 0 radical (unpaired) electrons. The quantitative estimate of drug-likeness (QED) is 0.540. The summed E-state index contributed by atoms with van der Waals surface area (Å²) >= 11 is 6.21. The lowest BCUT2D eigenvalue weighted by Gasteiger charge is -2.43. The molecular formula is C21H34ClN5O2. The Hall–Kier alpha value is -1.70. The summed E-state index contributed by atoms with van der Waals surface area (Å²) in [4.78, 5) is 9.09. The van der Waals surface area contributed by atoms with Crippen LogP contribution in [0.15, 0.2) is 23.2 Å². The van der Waals surface area contributed by atoms with Crippen LogP contribution in [0.3, 0.4) is 0 Å². The van der Waals surface area contributed by atoms with Crippen LogP contribution < -0.4 is 20.3 Å². The monoisotopic (exact) mass is 423 g/mol. The zero-order valence-electron chi connectivity index (χ0n) is 18.0. The molecule has 0 bridgehead atoms. The van der Waals surface area contributed by atoms with Crippen molar-refractivity contribution in [2.75, 3.05) is 66.0 Å². The van der Waals surface area contributed by atoms with Crippen molar-refractivity contribution < 1.29 is 9.47 Å². The van der Waals surface area contributed by atoms with Gasteiger partial charge < -0.3 is 29.9 Å². The molecule has 2 fully saturated rings. The Balaban J connectivity index is 1.58. The van der Waals surface area contributed by atoms with E-state index in [-0.39, 0.29) is 5.54 Å². The fraction of sp³-hybridized carbons (Fsp3) is 0.667. The highest BCUT2D eigenvalue weighted by Gasteiger charge is 2.35. The Labute approximate surface area is 179 Å². The standard InChI is InChI=1S/C21H34ClN5O2/c1-23-20(24-15-21(26(2)3)8-11-29-12-9-21)25-17-7-10-27(14-17)18-13-16(22)5-6-19(18)28-4/h5-6,13,17H,7-12,14-15H2,1-4H3,(H2,23,24,25). The van der Waals surface area contributed by atoms with E-state index in [1.54, 1.807) is 7.11 Å². The maximum Gasteiger partial charge on any atom is 0.191 e. The van der Waals surface area contributed by atoms with Gasteiger partial charge in [-0.2, -0.15) is 0 Å². The Bertz CT molecular complexity index is 706. The summed E-state index contributed by atoms with van der Waals surface area (Å²) in [7, 11) is 7.82. The highest BCUT2D eigenvalue weighted by atomic mass is 35.5. The van der Waals surface area contributed by atoms with Crippen LogP contribution in [-0.4, -0.2) is 83.5 Å². The fourth-order valence-corrected chi connectivity index (χ4v) is 4.34. The normalized spacial score (nSPS) is 22.1. The second-order valence-electron chi connectivity index (χ2n) is 8.05. The molecule has 2 aliphatic rings. The van der Waals surface area contributed by atoms with Gasteiger partial charge in [0.25, 0.3) is 0 Å². The molecule has 3 rings (SSSR count). The predicted molar refractivity (Wildman–Crippen MR) is 120 cm³/mol. The number of hydrogen-bond acceptors (Lipinski definition) is 5. The second kappa shape index (κ2) is 9.87. The minimum Gasteiger partial charge on any atom is -0.495 e. The topological polar surface area (TPSA) is 61.4 Å². The minimum absolute atomic E-state index is 0.103. The van der Waals surface area contributed by atoms with Crippen molar-refractivity contribution in [2.24, 2.45) is 4.99 Å². The third kappa shape index (κ3) is 5.27. The summed E-state index contributed by atoms with van der Waals surface area (Å²) in [5.41, 5.74) is 1.15. The molecular weight excluding hydrogens is 390 g/mol. The van der Waals surface area contributed by atoms with Crippen molar-refractivity contribution in [1.82, 2.24) is 15.5 Å². The molecule has 8 heteroatoms. The van der Waals surface area contributed by atoms with E-state index in [4.69, 9.17) is 21.1 Å². The van der Waals surface area contributed by atoms with E-state index in [9.17, 15) is 0 Å². The first-order chi connectivity index (χ1) is 14.0. The van der Waals surface area contributed by atoms with Crippen molar-refractivity contribution in [2.45, 2.75) is 30.8 Å². The van der Waals surface area contributed by atoms with E-state index < -0.39 is 0 Å². The number of aliphatic imine (C=N–C) groups is 1. The molecule has 1 aromatic rings. The van der Waals surface area contributed by atoms with E-state index in [0.29, 0.717) is 6.04 Å². The van der Waals surface area contributed by atoms with Gasteiger partial charge in [-0.3, -0.25) is 4.99 Å². The van der Waals surface area contributed by atoms with Crippen LogP contribution in [0.4, 0.5) is 5.69 Å². The average Bonchev–Trinajstić information content (AvgIpc) is 3.20. The van der Waals surface area contributed by atoms with Crippen LogP contribution in [0.25, 0.3) is 0 Å². The number of benzene rings is 1. The van der Waals surface area contributed by atoms with Crippen LogP contribution in [-0.2, 0) is 4.74 Å². The minimum atomic E-state index is 0.103. The lowest BCUT2D eigenvalue weighted by molar-refractivity contribution is -0.00502. The van der Waals surface area contributed by atoms with Crippen LogP contribution in [0.1, 0.15) is 19.3 Å². The molecule has 1 atom stereocenters. The molecule has 162 valence electrons. The van der Waals surface area contributed by atoms with Crippen LogP contribution in [0.5, 0.6) is 5.75 Å². The summed E-state index contributed by atoms with van der Waals surface area (Å²) in [6.45, 7) is 4.30. The molecule has 0 amide bonds. The molecule has 0 aromatic heterocycles. The van der Waals surface area contributed by atoms with Gasteiger partial charge >= 0.3 is 0 Å². The van der Waals surface area contributed by atoms with Gasteiger partial charge in [-0.15, -0.1) is 0 Å². The molecule has 7 nitrogen and oxygen atoms in total. The van der Waals surface area contributed by atoms with Crippen LogP contribution in [0.2, 0.25) is 5.02 Å². The van der Waals surface area contributed by atoms with Crippen molar-refractivity contribution >= 4 is 23.2 Å².